The highest BCUT2D eigenvalue weighted by molar-refractivity contribution is 5.87. The Kier molecular flexibility index (Phi) is 8.75. The smallest absolute Gasteiger partial charge is 0.145 e. The number of pyridine rings is 1. The normalized spacial score (nSPS) is 16.9. The molecule has 1 saturated heterocycles. The first kappa shape index (κ1) is 22.0. The van der Waals surface area contributed by atoms with E-state index in [9.17, 15) is 5.11 Å². The van der Waals surface area contributed by atoms with Crippen LogP contribution in [0.25, 0.3) is 10.9 Å². The summed E-state index contributed by atoms with van der Waals surface area (Å²) in [4.78, 5) is 7.10. The monoisotopic (exact) mass is 398 g/mol. The zero-order chi connectivity index (χ0) is 20.5. The summed E-state index contributed by atoms with van der Waals surface area (Å²) >= 11 is 0. The predicted molar refractivity (Wildman–Crippen MR) is 121 cm³/mol. The van der Waals surface area contributed by atoms with Crippen molar-refractivity contribution in [3.8, 4) is 5.75 Å². The molecular formula is C25H38N2O2. The molecule has 1 aliphatic heterocycles. The minimum Gasteiger partial charge on any atom is -0.494 e. The Morgan fingerprint density at radius 3 is 2.69 bits per heavy atom. The molecule has 29 heavy (non-hydrogen) atoms. The average molecular weight is 399 g/mol. The number of aromatic nitrogens is 1. The van der Waals surface area contributed by atoms with Gasteiger partial charge < -0.3 is 14.7 Å². The van der Waals surface area contributed by atoms with Gasteiger partial charge in [0.15, 0.2) is 0 Å². The fraction of sp³-hybridized carbons (Fsp3) is 0.640. The Hall–Kier alpha value is -1.65. The molecule has 1 aliphatic rings. The minimum atomic E-state index is -0.294. The Morgan fingerprint density at radius 1 is 1.14 bits per heavy atom. The molecule has 1 fully saturated rings. The number of aliphatic hydroxyl groups is 1. The van der Waals surface area contributed by atoms with Gasteiger partial charge in [-0.15, -0.1) is 0 Å². The van der Waals surface area contributed by atoms with Crippen LogP contribution < -0.4 is 4.74 Å². The second kappa shape index (κ2) is 11.5. The molecule has 2 aromatic rings. The topological polar surface area (TPSA) is 45.6 Å². The minimum absolute atomic E-state index is 0.294. The van der Waals surface area contributed by atoms with Crippen LogP contribution >= 0.6 is 0 Å². The summed E-state index contributed by atoms with van der Waals surface area (Å²) in [6, 6.07) is 8.04. The molecule has 2 heterocycles. The van der Waals surface area contributed by atoms with E-state index in [1.165, 1.54) is 64.6 Å². The molecule has 1 atom stereocenters. The number of methoxy groups -OCH3 is 1. The van der Waals surface area contributed by atoms with E-state index in [4.69, 9.17) is 4.74 Å². The zero-order valence-electron chi connectivity index (χ0n) is 18.3. The standard InChI is InChI=1S/C25H38N2O2/c1-3-4-5-6-7-15-27-16-12-20(13-17-27)18-22(28)19-21-11-14-26-25-23(21)9-8-10-24(25)29-2/h8-11,14,20,22,28H,3-7,12-13,15-19H2,1-2H3/t22-/m0/s1. The molecule has 1 aromatic carbocycles. The third-order valence-electron chi connectivity index (χ3n) is 6.39. The maximum atomic E-state index is 10.8. The van der Waals surface area contributed by atoms with E-state index in [0.29, 0.717) is 12.3 Å². The molecule has 0 saturated carbocycles. The third-order valence-corrected chi connectivity index (χ3v) is 6.39. The van der Waals surface area contributed by atoms with Crippen LogP contribution in [0, 0.1) is 5.92 Å². The van der Waals surface area contributed by atoms with E-state index < -0.39 is 0 Å². The number of nitrogens with zero attached hydrogens (tertiary/aromatic N) is 2. The van der Waals surface area contributed by atoms with Crippen molar-refractivity contribution in [2.75, 3.05) is 26.7 Å². The van der Waals surface area contributed by atoms with Crippen molar-refractivity contribution >= 4 is 10.9 Å². The maximum Gasteiger partial charge on any atom is 0.145 e. The second-order valence-electron chi connectivity index (χ2n) is 8.62. The van der Waals surface area contributed by atoms with E-state index >= 15 is 0 Å². The fourth-order valence-corrected chi connectivity index (χ4v) is 4.66. The molecule has 4 nitrogen and oxygen atoms in total. The molecule has 0 radical (unpaired) electrons. The molecule has 0 aliphatic carbocycles. The highest BCUT2D eigenvalue weighted by atomic mass is 16.5. The predicted octanol–water partition coefficient (Wildman–Crippen LogP) is 5.22. The van der Waals surface area contributed by atoms with Crippen LogP contribution in [0.15, 0.2) is 30.5 Å². The van der Waals surface area contributed by atoms with Crippen LogP contribution in [0.3, 0.4) is 0 Å². The van der Waals surface area contributed by atoms with Crippen LogP contribution in [0.1, 0.15) is 63.9 Å². The number of hydrogen-bond donors (Lipinski definition) is 1. The lowest BCUT2D eigenvalue weighted by Crippen LogP contribution is -2.35. The lowest BCUT2D eigenvalue weighted by atomic mass is 9.88. The van der Waals surface area contributed by atoms with Crippen molar-refractivity contribution in [1.82, 2.24) is 9.88 Å². The van der Waals surface area contributed by atoms with Gasteiger partial charge in [-0.05, 0) is 75.4 Å². The van der Waals surface area contributed by atoms with Gasteiger partial charge in [-0.3, -0.25) is 4.98 Å². The Morgan fingerprint density at radius 2 is 1.93 bits per heavy atom. The van der Waals surface area contributed by atoms with E-state index in [1.807, 2.05) is 24.4 Å². The van der Waals surface area contributed by atoms with Crippen LogP contribution in [0.4, 0.5) is 0 Å². The van der Waals surface area contributed by atoms with Crippen LogP contribution in [0.2, 0.25) is 0 Å². The number of para-hydroxylation sites is 1. The van der Waals surface area contributed by atoms with Gasteiger partial charge >= 0.3 is 0 Å². The van der Waals surface area contributed by atoms with Crippen molar-refractivity contribution in [3.63, 3.8) is 0 Å². The van der Waals surface area contributed by atoms with Crippen molar-refractivity contribution < 1.29 is 9.84 Å². The highest BCUT2D eigenvalue weighted by Gasteiger charge is 2.22. The van der Waals surface area contributed by atoms with Gasteiger partial charge in [0.05, 0.1) is 13.2 Å². The van der Waals surface area contributed by atoms with Gasteiger partial charge in [-0.2, -0.15) is 0 Å². The number of fused-ring (bicyclic) bond motifs is 1. The Balaban J connectivity index is 1.45. The van der Waals surface area contributed by atoms with Gasteiger partial charge in [0.25, 0.3) is 0 Å². The summed E-state index contributed by atoms with van der Waals surface area (Å²) in [5.41, 5.74) is 2.04. The first-order valence-electron chi connectivity index (χ1n) is 11.5. The fourth-order valence-electron chi connectivity index (χ4n) is 4.66. The summed E-state index contributed by atoms with van der Waals surface area (Å²) in [7, 11) is 1.68. The van der Waals surface area contributed by atoms with Gasteiger partial charge in [-0.25, -0.2) is 0 Å². The zero-order valence-corrected chi connectivity index (χ0v) is 18.3. The molecule has 160 valence electrons. The molecule has 0 unspecified atom stereocenters. The third kappa shape index (κ3) is 6.42. The van der Waals surface area contributed by atoms with Gasteiger partial charge in [0.2, 0.25) is 0 Å². The lowest BCUT2D eigenvalue weighted by molar-refractivity contribution is 0.107. The second-order valence-corrected chi connectivity index (χ2v) is 8.62. The molecule has 1 aromatic heterocycles. The molecule has 0 bridgehead atoms. The summed E-state index contributed by atoms with van der Waals surface area (Å²) in [6.07, 6.45) is 12.3. The molecule has 0 spiro atoms. The molecular weight excluding hydrogens is 360 g/mol. The van der Waals surface area contributed by atoms with Crippen LogP contribution in [-0.4, -0.2) is 47.8 Å². The van der Waals surface area contributed by atoms with Crippen molar-refractivity contribution in [1.29, 1.82) is 0 Å². The Labute approximate surface area is 176 Å². The summed E-state index contributed by atoms with van der Waals surface area (Å²) in [5.74, 6) is 1.44. The van der Waals surface area contributed by atoms with E-state index in [2.05, 4.69) is 22.9 Å². The number of piperidine rings is 1. The number of unbranched alkanes of at least 4 members (excludes halogenated alkanes) is 4. The molecule has 4 heteroatoms. The summed E-state index contributed by atoms with van der Waals surface area (Å²) < 4.78 is 5.44. The highest BCUT2D eigenvalue weighted by Crippen LogP contribution is 2.28. The largest absolute Gasteiger partial charge is 0.494 e. The number of benzene rings is 1. The molecule has 3 rings (SSSR count). The summed E-state index contributed by atoms with van der Waals surface area (Å²) in [5, 5.41) is 11.9. The quantitative estimate of drug-likeness (QED) is 0.527. The Bertz CT molecular complexity index is 741. The number of hydrogen-bond acceptors (Lipinski definition) is 4. The van der Waals surface area contributed by atoms with E-state index in [-0.39, 0.29) is 6.10 Å². The van der Waals surface area contributed by atoms with Crippen LogP contribution in [-0.2, 0) is 6.42 Å². The number of likely N-dealkylation sites (tertiary alicyclic amines) is 1. The van der Waals surface area contributed by atoms with Crippen molar-refractivity contribution in [2.24, 2.45) is 5.92 Å². The first-order valence-corrected chi connectivity index (χ1v) is 11.5. The van der Waals surface area contributed by atoms with Crippen LogP contribution in [0.5, 0.6) is 5.75 Å². The van der Waals surface area contributed by atoms with Crippen molar-refractivity contribution in [3.05, 3.63) is 36.0 Å². The number of ether oxygens (including phenoxy) is 1. The first-order chi connectivity index (χ1) is 14.2. The number of aliphatic hydroxyl groups excluding tert-OH is 1. The molecule has 0 amide bonds. The van der Waals surface area contributed by atoms with E-state index in [0.717, 1.165) is 28.6 Å². The van der Waals surface area contributed by atoms with E-state index in [1.54, 1.807) is 7.11 Å². The van der Waals surface area contributed by atoms with Gasteiger partial charge in [0, 0.05) is 11.6 Å². The van der Waals surface area contributed by atoms with Gasteiger partial charge in [-0.1, -0.05) is 44.7 Å². The SMILES string of the molecule is CCCCCCCN1CCC(C[C@H](O)Cc2ccnc3c(OC)cccc23)CC1. The summed E-state index contributed by atoms with van der Waals surface area (Å²) in [6.45, 7) is 5.91. The lowest BCUT2D eigenvalue weighted by Gasteiger charge is -2.33. The van der Waals surface area contributed by atoms with Crippen molar-refractivity contribution in [2.45, 2.75) is 70.8 Å². The maximum absolute atomic E-state index is 10.8. The number of rotatable bonds is 11. The molecule has 1 N–H and O–H groups in total. The van der Waals surface area contributed by atoms with Gasteiger partial charge in [0.1, 0.15) is 11.3 Å². The average Bonchev–Trinajstić information content (AvgIpc) is 2.74.